The van der Waals surface area contributed by atoms with E-state index in [0.29, 0.717) is 17.0 Å². The molecule has 0 radical (unpaired) electrons. The van der Waals surface area contributed by atoms with Gasteiger partial charge in [-0.25, -0.2) is 5.43 Å². The number of amides is 1. The lowest BCUT2D eigenvalue weighted by Gasteiger charge is -2.10. The summed E-state index contributed by atoms with van der Waals surface area (Å²) < 4.78 is 40.1. The molecule has 0 saturated heterocycles. The van der Waals surface area contributed by atoms with E-state index >= 15 is 0 Å². The number of hydrogen-bond donors (Lipinski definition) is 1. The molecule has 0 aliphatic carbocycles. The number of hydrogen-bond acceptors (Lipinski definition) is 3. The lowest BCUT2D eigenvalue weighted by molar-refractivity contribution is -0.137. The van der Waals surface area contributed by atoms with Crippen LogP contribution < -0.4 is 5.43 Å². The van der Waals surface area contributed by atoms with Crippen LogP contribution >= 0.6 is 0 Å². The fraction of sp³-hybridized carbons (Fsp3) is 0.188. The standard InChI is InChI=1S/C16H13F3N4O/c1-23-13(10-21-22-15(24)7-8-20)5-6-14(23)11-3-2-4-12(9-11)16(17,18)19/h2-6,9-10H,7H2,1H3,(H,22,24). The van der Waals surface area contributed by atoms with Gasteiger partial charge < -0.3 is 4.57 Å². The highest BCUT2D eigenvalue weighted by Crippen LogP contribution is 2.32. The summed E-state index contributed by atoms with van der Waals surface area (Å²) >= 11 is 0. The molecule has 0 fully saturated rings. The predicted octanol–water partition coefficient (Wildman–Crippen LogP) is 3.07. The molecule has 0 atom stereocenters. The van der Waals surface area contributed by atoms with E-state index in [4.69, 9.17) is 5.26 Å². The van der Waals surface area contributed by atoms with Gasteiger partial charge in [0.05, 0.1) is 23.5 Å². The molecule has 0 bridgehead atoms. The lowest BCUT2D eigenvalue weighted by Crippen LogP contribution is -2.16. The van der Waals surface area contributed by atoms with E-state index in [1.54, 1.807) is 35.9 Å². The quantitative estimate of drug-likeness (QED) is 0.689. The molecule has 124 valence electrons. The van der Waals surface area contributed by atoms with Crippen LogP contribution in [0.15, 0.2) is 41.5 Å². The highest BCUT2D eigenvalue weighted by Gasteiger charge is 2.30. The van der Waals surface area contributed by atoms with Crippen molar-refractivity contribution in [2.45, 2.75) is 12.6 Å². The van der Waals surface area contributed by atoms with Crippen LogP contribution in [-0.2, 0) is 18.0 Å². The summed E-state index contributed by atoms with van der Waals surface area (Å²) in [4.78, 5) is 11.1. The van der Waals surface area contributed by atoms with Gasteiger partial charge in [-0.2, -0.15) is 23.5 Å². The largest absolute Gasteiger partial charge is 0.416 e. The average Bonchev–Trinajstić information content (AvgIpc) is 2.88. The van der Waals surface area contributed by atoms with Crippen molar-refractivity contribution in [1.29, 1.82) is 5.26 Å². The summed E-state index contributed by atoms with van der Waals surface area (Å²) in [6.07, 6.45) is -3.36. The number of rotatable bonds is 4. The Labute approximate surface area is 136 Å². The first kappa shape index (κ1) is 17.3. The second-order valence-corrected chi connectivity index (χ2v) is 4.91. The molecule has 0 unspecified atom stereocenters. The summed E-state index contributed by atoms with van der Waals surface area (Å²) in [6, 6.07) is 10.0. The zero-order valence-electron chi connectivity index (χ0n) is 12.6. The first-order chi connectivity index (χ1) is 11.3. The molecule has 1 amide bonds. The van der Waals surface area contributed by atoms with Gasteiger partial charge in [0.15, 0.2) is 0 Å². The molecule has 1 aromatic carbocycles. The van der Waals surface area contributed by atoms with E-state index in [1.807, 2.05) is 0 Å². The summed E-state index contributed by atoms with van der Waals surface area (Å²) in [6.45, 7) is 0. The molecular formula is C16H13F3N4O. The number of alkyl halides is 3. The van der Waals surface area contributed by atoms with Gasteiger partial charge in [-0.15, -0.1) is 0 Å². The Balaban J connectivity index is 2.23. The SMILES string of the molecule is Cn1c(C=NNC(=O)CC#N)ccc1-c1cccc(C(F)(F)F)c1. The van der Waals surface area contributed by atoms with Crippen LogP contribution in [-0.4, -0.2) is 16.7 Å². The van der Waals surface area contributed by atoms with Crippen LogP contribution in [0.2, 0.25) is 0 Å². The van der Waals surface area contributed by atoms with Crippen LogP contribution in [0.25, 0.3) is 11.3 Å². The molecule has 0 aliphatic rings. The predicted molar refractivity (Wildman–Crippen MR) is 81.8 cm³/mol. The van der Waals surface area contributed by atoms with Gasteiger partial charge in [-0.3, -0.25) is 4.79 Å². The van der Waals surface area contributed by atoms with Crippen molar-refractivity contribution < 1.29 is 18.0 Å². The van der Waals surface area contributed by atoms with E-state index in [0.717, 1.165) is 12.1 Å². The number of hydrazone groups is 1. The lowest BCUT2D eigenvalue weighted by atomic mass is 10.1. The molecule has 5 nitrogen and oxygen atoms in total. The van der Waals surface area contributed by atoms with Gasteiger partial charge in [-0.05, 0) is 29.8 Å². The Bertz CT molecular complexity index is 815. The van der Waals surface area contributed by atoms with Gasteiger partial charge >= 0.3 is 6.18 Å². The average molecular weight is 334 g/mol. The Hall–Kier alpha value is -3.08. The van der Waals surface area contributed by atoms with Gasteiger partial charge in [0, 0.05) is 12.7 Å². The molecule has 0 saturated carbocycles. The number of aromatic nitrogens is 1. The first-order valence-electron chi connectivity index (χ1n) is 6.85. The van der Waals surface area contributed by atoms with E-state index in [-0.39, 0.29) is 6.42 Å². The number of benzene rings is 1. The molecule has 24 heavy (non-hydrogen) atoms. The number of carbonyl (C=O) groups excluding carboxylic acids is 1. The first-order valence-corrected chi connectivity index (χ1v) is 6.85. The van der Waals surface area contributed by atoms with E-state index < -0.39 is 17.6 Å². The zero-order valence-corrected chi connectivity index (χ0v) is 12.6. The molecule has 1 aromatic heterocycles. The number of nitriles is 1. The number of halogens is 3. The van der Waals surface area contributed by atoms with Crippen molar-refractivity contribution in [3.8, 4) is 17.3 Å². The minimum atomic E-state index is -4.41. The molecule has 2 aromatic rings. The third kappa shape index (κ3) is 4.01. The summed E-state index contributed by atoms with van der Waals surface area (Å²) in [5.41, 5.74) is 3.04. The van der Waals surface area contributed by atoms with Crippen molar-refractivity contribution >= 4 is 12.1 Å². The zero-order chi connectivity index (χ0) is 17.7. The van der Waals surface area contributed by atoms with Crippen LogP contribution in [0.4, 0.5) is 13.2 Å². The summed E-state index contributed by atoms with van der Waals surface area (Å²) in [5.74, 6) is -0.541. The van der Waals surface area contributed by atoms with Crippen molar-refractivity contribution in [3.63, 3.8) is 0 Å². The van der Waals surface area contributed by atoms with Crippen LogP contribution in [0.3, 0.4) is 0 Å². The molecule has 2 rings (SSSR count). The van der Waals surface area contributed by atoms with Crippen LogP contribution in [0.1, 0.15) is 17.7 Å². The minimum Gasteiger partial charge on any atom is -0.343 e. The molecule has 0 aliphatic heterocycles. The maximum absolute atomic E-state index is 12.8. The Kier molecular flexibility index (Phi) is 5.04. The van der Waals surface area contributed by atoms with Crippen molar-refractivity contribution in [2.24, 2.45) is 12.1 Å². The highest BCUT2D eigenvalue weighted by atomic mass is 19.4. The Morgan fingerprint density at radius 3 is 2.79 bits per heavy atom. The maximum atomic E-state index is 12.8. The molecule has 1 N–H and O–H groups in total. The third-order valence-electron chi connectivity index (χ3n) is 3.27. The summed E-state index contributed by atoms with van der Waals surface area (Å²) in [5, 5.41) is 12.1. The Morgan fingerprint density at radius 2 is 2.12 bits per heavy atom. The van der Waals surface area contributed by atoms with Crippen molar-refractivity contribution in [3.05, 3.63) is 47.7 Å². The number of nitrogens with zero attached hydrogens (tertiary/aromatic N) is 3. The van der Waals surface area contributed by atoms with Gasteiger partial charge in [0.25, 0.3) is 5.91 Å². The molecule has 8 heteroatoms. The van der Waals surface area contributed by atoms with Crippen molar-refractivity contribution in [1.82, 2.24) is 9.99 Å². The van der Waals surface area contributed by atoms with Crippen LogP contribution in [0.5, 0.6) is 0 Å². The highest BCUT2D eigenvalue weighted by molar-refractivity contribution is 5.83. The smallest absolute Gasteiger partial charge is 0.343 e. The van der Waals surface area contributed by atoms with E-state index in [2.05, 4.69) is 10.5 Å². The third-order valence-corrected chi connectivity index (χ3v) is 3.27. The van der Waals surface area contributed by atoms with Gasteiger partial charge in [0.2, 0.25) is 0 Å². The van der Waals surface area contributed by atoms with Gasteiger partial charge in [-0.1, -0.05) is 12.1 Å². The maximum Gasteiger partial charge on any atom is 0.416 e. The molecule has 0 spiro atoms. The molecule has 1 heterocycles. The molecular weight excluding hydrogens is 321 g/mol. The topological polar surface area (TPSA) is 70.2 Å². The number of nitrogens with one attached hydrogen (secondary N) is 1. The van der Waals surface area contributed by atoms with Crippen molar-refractivity contribution in [2.75, 3.05) is 0 Å². The fourth-order valence-corrected chi connectivity index (χ4v) is 2.08. The second kappa shape index (κ2) is 7.00. The second-order valence-electron chi connectivity index (χ2n) is 4.91. The van der Waals surface area contributed by atoms with Crippen LogP contribution in [0, 0.1) is 11.3 Å². The number of carbonyl (C=O) groups is 1. The van der Waals surface area contributed by atoms with E-state index in [9.17, 15) is 18.0 Å². The fourth-order valence-electron chi connectivity index (χ4n) is 2.08. The summed E-state index contributed by atoms with van der Waals surface area (Å²) in [7, 11) is 1.67. The minimum absolute atomic E-state index is 0.306. The van der Waals surface area contributed by atoms with Gasteiger partial charge in [0.1, 0.15) is 6.42 Å². The Morgan fingerprint density at radius 1 is 1.38 bits per heavy atom. The van der Waals surface area contributed by atoms with E-state index in [1.165, 1.54) is 12.3 Å². The normalized spacial score (nSPS) is 11.5. The monoisotopic (exact) mass is 334 g/mol.